The Morgan fingerprint density at radius 1 is 0.824 bits per heavy atom. The average Bonchev–Trinajstić information content (AvgIpc) is 3.62. The van der Waals surface area contributed by atoms with Crippen molar-refractivity contribution in [2.45, 2.75) is 72.2 Å². The number of carbonyl (C=O) groups is 5. The lowest BCUT2D eigenvalue weighted by Crippen LogP contribution is -2.39. The van der Waals surface area contributed by atoms with Crippen molar-refractivity contribution >= 4 is 29.7 Å². The summed E-state index contributed by atoms with van der Waals surface area (Å²) in [6, 6.07) is 14.4. The van der Waals surface area contributed by atoms with Crippen LogP contribution in [-0.4, -0.2) is 55.0 Å². The third-order valence-electron chi connectivity index (χ3n) is 9.36. The van der Waals surface area contributed by atoms with E-state index in [0.29, 0.717) is 29.0 Å². The van der Waals surface area contributed by atoms with Gasteiger partial charge in [0.1, 0.15) is 29.1 Å². The Morgan fingerprint density at radius 2 is 1.39 bits per heavy atom. The quantitative estimate of drug-likeness (QED) is 0.159. The maximum atomic E-state index is 13.6. The molecule has 0 saturated carbocycles. The molecule has 0 radical (unpaired) electrons. The van der Waals surface area contributed by atoms with Gasteiger partial charge < -0.3 is 34.3 Å². The molecule has 3 atom stereocenters. The number of benzene rings is 3. The van der Waals surface area contributed by atoms with E-state index in [1.807, 2.05) is 6.92 Å². The summed E-state index contributed by atoms with van der Waals surface area (Å²) in [4.78, 5) is 64.2. The number of fused-ring (bicyclic) bond motifs is 6. The Labute approximate surface area is 296 Å². The fourth-order valence-electron chi connectivity index (χ4n) is 6.56. The molecule has 0 aliphatic carbocycles. The van der Waals surface area contributed by atoms with Gasteiger partial charge in [-0.3, -0.25) is 19.2 Å². The molecule has 0 aromatic heterocycles. The van der Waals surface area contributed by atoms with Gasteiger partial charge in [0.05, 0.1) is 23.5 Å². The summed E-state index contributed by atoms with van der Waals surface area (Å²) in [5.74, 6) is -1.61. The third kappa shape index (κ3) is 6.80. The molecule has 3 aliphatic rings. The summed E-state index contributed by atoms with van der Waals surface area (Å²) in [6.07, 6.45) is 1.06. The zero-order valence-electron chi connectivity index (χ0n) is 29.5. The first-order chi connectivity index (χ1) is 24.3. The molecule has 3 heterocycles. The van der Waals surface area contributed by atoms with Crippen LogP contribution in [-0.2, 0) is 29.5 Å². The Balaban J connectivity index is 1.27. The predicted octanol–water partition coefficient (Wildman–Crippen LogP) is 5.43. The number of amides is 2. The Morgan fingerprint density at radius 3 is 1.94 bits per heavy atom. The highest BCUT2D eigenvalue weighted by Gasteiger charge is 2.54. The highest BCUT2D eigenvalue weighted by atomic mass is 16.6. The lowest BCUT2D eigenvalue weighted by atomic mass is 9.77. The summed E-state index contributed by atoms with van der Waals surface area (Å²) in [5, 5.41) is 5.61. The van der Waals surface area contributed by atoms with Crippen molar-refractivity contribution in [1.82, 2.24) is 10.6 Å². The van der Waals surface area contributed by atoms with E-state index in [1.54, 1.807) is 76.2 Å². The first kappa shape index (κ1) is 35.6. The molecule has 2 N–H and O–H groups in total. The van der Waals surface area contributed by atoms with Crippen LogP contribution < -0.4 is 24.8 Å². The fourth-order valence-corrected chi connectivity index (χ4v) is 6.56. The molecule has 2 amide bonds. The van der Waals surface area contributed by atoms with Crippen molar-refractivity contribution in [3.05, 3.63) is 82.4 Å². The Bertz CT molecular complexity index is 1830. The fraction of sp³-hybridized carbons (Fsp3) is 0.410. The number of carbonyl (C=O) groups excluding carboxylic acids is 5. The van der Waals surface area contributed by atoms with E-state index in [4.69, 9.17) is 23.7 Å². The minimum Gasteiger partial charge on any atom is -0.456 e. The lowest BCUT2D eigenvalue weighted by molar-refractivity contribution is -0.138. The van der Waals surface area contributed by atoms with Crippen LogP contribution in [0.15, 0.2) is 54.6 Å². The summed E-state index contributed by atoms with van der Waals surface area (Å²) < 4.78 is 29.4. The van der Waals surface area contributed by atoms with Crippen molar-refractivity contribution in [1.29, 1.82) is 0 Å². The lowest BCUT2D eigenvalue weighted by Gasteiger charge is -2.36. The van der Waals surface area contributed by atoms with Crippen molar-refractivity contribution in [2.75, 3.05) is 13.1 Å². The molecule has 0 bridgehead atoms. The smallest absolute Gasteiger partial charge is 0.340 e. The van der Waals surface area contributed by atoms with Gasteiger partial charge in [0.2, 0.25) is 5.91 Å². The molecule has 3 aromatic rings. The highest BCUT2D eigenvalue weighted by molar-refractivity contribution is 6.01. The SMILES string of the molecule is CCC1O[C@@H](C(=O)NCCNC(=O)c2ccc3c(c2)C(=O)OC32c3ccc(OC(=O)C(C)C)cc3Oc3cc(OC(=O)C(C)C)ccc32)C[C@H]1C. The maximum Gasteiger partial charge on any atom is 0.340 e. The normalized spacial score (nSPS) is 19.5. The predicted molar refractivity (Wildman–Crippen MR) is 184 cm³/mol. The number of hydrogen-bond donors (Lipinski definition) is 2. The van der Waals surface area contributed by atoms with Gasteiger partial charge in [0.15, 0.2) is 5.60 Å². The first-order valence-corrected chi connectivity index (χ1v) is 17.3. The topological polar surface area (TPSA) is 156 Å². The molecule has 12 heteroatoms. The van der Waals surface area contributed by atoms with Crippen LogP contribution in [0.25, 0.3) is 0 Å². The molecule has 268 valence electrons. The number of esters is 3. The molecule has 3 aliphatic heterocycles. The van der Waals surface area contributed by atoms with Crippen LogP contribution in [0.3, 0.4) is 0 Å². The van der Waals surface area contributed by atoms with Gasteiger partial charge in [0, 0.05) is 47.5 Å². The van der Waals surface area contributed by atoms with Crippen molar-refractivity contribution in [3.63, 3.8) is 0 Å². The van der Waals surface area contributed by atoms with Crippen LogP contribution in [0, 0.1) is 17.8 Å². The van der Waals surface area contributed by atoms with E-state index in [9.17, 15) is 24.0 Å². The second-order valence-corrected chi connectivity index (χ2v) is 13.7. The molecule has 1 saturated heterocycles. The standard InChI is InChI=1S/C39H42N2O10/c1-7-30-22(6)16-33(49-30)35(43)41-15-14-40-34(42)23-8-11-27-26(17-23)38(46)51-39(27)28-12-9-24(47-36(44)20(2)3)18-31(28)50-32-19-25(10-13-29(32)39)48-37(45)21(4)5/h8-13,17-22,30,33H,7,14-16H2,1-6H3,(H,40,42)(H,41,43)/t22-,30?,33-/m1/s1. The second-order valence-electron chi connectivity index (χ2n) is 13.7. The minimum absolute atomic E-state index is 0.0629. The van der Waals surface area contributed by atoms with E-state index in [1.165, 1.54) is 6.07 Å². The van der Waals surface area contributed by atoms with Gasteiger partial charge in [-0.05, 0) is 55.2 Å². The number of hydrogen-bond acceptors (Lipinski definition) is 10. The summed E-state index contributed by atoms with van der Waals surface area (Å²) in [7, 11) is 0. The van der Waals surface area contributed by atoms with Crippen LogP contribution in [0.4, 0.5) is 0 Å². The molecule has 1 fully saturated rings. The van der Waals surface area contributed by atoms with Gasteiger partial charge in [-0.15, -0.1) is 0 Å². The van der Waals surface area contributed by atoms with Crippen molar-refractivity contribution in [2.24, 2.45) is 17.8 Å². The van der Waals surface area contributed by atoms with Gasteiger partial charge in [-0.25, -0.2) is 4.79 Å². The van der Waals surface area contributed by atoms with Crippen LogP contribution in [0.1, 0.15) is 91.8 Å². The molecule has 1 spiro atoms. The molecule has 3 aromatic carbocycles. The monoisotopic (exact) mass is 698 g/mol. The second kappa shape index (κ2) is 14.2. The van der Waals surface area contributed by atoms with Crippen molar-refractivity contribution < 1.29 is 47.7 Å². The van der Waals surface area contributed by atoms with E-state index < -0.39 is 35.5 Å². The van der Waals surface area contributed by atoms with Crippen LogP contribution in [0.5, 0.6) is 23.0 Å². The third-order valence-corrected chi connectivity index (χ3v) is 9.36. The Kier molecular flexibility index (Phi) is 9.90. The number of nitrogens with one attached hydrogen (secondary N) is 2. The zero-order valence-corrected chi connectivity index (χ0v) is 29.5. The zero-order chi connectivity index (χ0) is 36.6. The molecular weight excluding hydrogens is 656 g/mol. The summed E-state index contributed by atoms with van der Waals surface area (Å²) >= 11 is 0. The highest BCUT2D eigenvalue weighted by Crippen LogP contribution is 2.57. The van der Waals surface area contributed by atoms with E-state index in [2.05, 4.69) is 17.6 Å². The van der Waals surface area contributed by atoms with Gasteiger partial charge in [0.25, 0.3) is 5.91 Å². The van der Waals surface area contributed by atoms with Crippen molar-refractivity contribution in [3.8, 4) is 23.0 Å². The maximum absolute atomic E-state index is 13.6. The molecule has 1 unspecified atom stereocenters. The summed E-state index contributed by atoms with van der Waals surface area (Å²) in [6.45, 7) is 11.4. The van der Waals surface area contributed by atoms with Gasteiger partial charge in [-0.2, -0.15) is 0 Å². The molecule has 6 rings (SSSR count). The molecule has 51 heavy (non-hydrogen) atoms. The Hall–Kier alpha value is -5.23. The van der Waals surface area contributed by atoms with Crippen LogP contribution in [0.2, 0.25) is 0 Å². The average molecular weight is 699 g/mol. The van der Waals surface area contributed by atoms with E-state index in [0.717, 1.165) is 6.42 Å². The van der Waals surface area contributed by atoms with E-state index in [-0.39, 0.29) is 71.1 Å². The minimum atomic E-state index is -1.49. The first-order valence-electron chi connectivity index (χ1n) is 17.3. The van der Waals surface area contributed by atoms with Crippen LogP contribution >= 0.6 is 0 Å². The van der Waals surface area contributed by atoms with Gasteiger partial charge >= 0.3 is 17.9 Å². The summed E-state index contributed by atoms with van der Waals surface area (Å²) in [5.41, 5.74) is 0.323. The van der Waals surface area contributed by atoms with Gasteiger partial charge in [-0.1, -0.05) is 47.6 Å². The molecule has 12 nitrogen and oxygen atoms in total. The largest absolute Gasteiger partial charge is 0.456 e. The number of rotatable bonds is 10. The van der Waals surface area contributed by atoms with E-state index >= 15 is 0 Å². The number of ether oxygens (including phenoxy) is 5. The molecular formula is C39H42N2O10.